The summed E-state index contributed by atoms with van der Waals surface area (Å²) in [5.74, 6) is -0.335. The number of hydrogen-bond donors (Lipinski definition) is 0. The Balaban J connectivity index is 1.96. The van der Waals surface area contributed by atoms with Crippen LogP contribution in [-0.2, 0) is 9.47 Å². The monoisotopic (exact) mass is 183 g/mol. The molecule has 0 unspecified atom stereocenters. The summed E-state index contributed by atoms with van der Waals surface area (Å²) in [7, 11) is 0. The summed E-state index contributed by atoms with van der Waals surface area (Å²) in [5, 5.41) is 3.58. The van der Waals surface area contributed by atoms with E-state index in [1.807, 2.05) is 0 Å². The van der Waals surface area contributed by atoms with Gasteiger partial charge in [0.25, 0.3) is 0 Å². The van der Waals surface area contributed by atoms with Crippen molar-refractivity contribution < 1.29 is 18.8 Å². The highest BCUT2D eigenvalue weighted by atomic mass is 16.6. The lowest BCUT2D eigenvalue weighted by molar-refractivity contribution is -0.104. The molecule has 1 aromatic heterocycles. The Hall–Kier alpha value is -1.36. The number of ether oxygens (including phenoxy) is 2. The van der Waals surface area contributed by atoms with Gasteiger partial charge >= 0.3 is 5.97 Å². The van der Waals surface area contributed by atoms with Crippen molar-refractivity contribution in [2.75, 3.05) is 13.2 Å². The molecule has 70 valence electrons. The lowest BCUT2D eigenvalue weighted by Crippen LogP contribution is -2.37. The third-order valence-corrected chi connectivity index (χ3v) is 1.71. The fourth-order valence-electron chi connectivity index (χ4n) is 0.951. The Morgan fingerprint density at radius 3 is 2.92 bits per heavy atom. The van der Waals surface area contributed by atoms with E-state index in [1.165, 1.54) is 0 Å². The molecule has 0 N–H and O–H groups in total. The largest absolute Gasteiger partial charge is 0.452 e. The lowest BCUT2D eigenvalue weighted by Gasteiger charge is -2.24. The Labute approximate surface area is 74.6 Å². The molecule has 0 radical (unpaired) electrons. The van der Waals surface area contributed by atoms with Crippen LogP contribution in [0.3, 0.4) is 0 Å². The van der Waals surface area contributed by atoms with Crippen LogP contribution < -0.4 is 0 Å². The van der Waals surface area contributed by atoms with Gasteiger partial charge < -0.3 is 14.0 Å². The van der Waals surface area contributed by atoms with Gasteiger partial charge in [-0.1, -0.05) is 5.16 Å². The van der Waals surface area contributed by atoms with E-state index < -0.39 is 5.97 Å². The van der Waals surface area contributed by atoms with Gasteiger partial charge in [0.05, 0.1) is 18.9 Å². The fraction of sp³-hybridized carbons (Fsp3) is 0.500. The molecule has 1 aliphatic heterocycles. The van der Waals surface area contributed by atoms with E-state index in [2.05, 4.69) is 5.16 Å². The predicted molar refractivity (Wildman–Crippen MR) is 41.3 cm³/mol. The number of rotatable bonds is 2. The number of aromatic nitrogens is 1. The third kappa shape index (κ3) is 1.70. The second-order valence-electron chi connectivity index (χ2n) is 2.90. The normalized spacial score (nSPS) is 16.7. The SMILES string of the molecule is Cc1cc(C(=O)OC2COC2)on1. The molecule has 0 spiro atoms. The molecule has 0 amide bonds. The molecule has 0 aliphatic carbocycles. The molecule has 0 saturated carbocycles. The van der Waals surface area contributed by atoms with Crippen LogP contribution in [0.4, 0.5) is 0 Å². The number of hydrogen-bond acceptors (Lipinski definition) is 5. The average molecular weight is 183 g/mol. The quantitative estimate of drug-likeness (QED) is 0.626. The zero-order valence-electron chi connectivity index (χ0n) is 7.15. The maximum absolute atomic E-state index is 11.2. The summed E-state index contributed by atoms with van der Waals surface area (Å²) in [6.07, 6.45) is -0.127. The van der Waals surface area contributed by atoms with Crippen LogP contribution in [0.25, 0.3) is 0 Å². The second-order valence-corrected chi connectivity index (χ2v) is 2.90. The predicted octanol–water partition coefficient (Wildman–Crippen LogP) is 0.539. The van der Waals surface area contributed by atoms with Crippen molar-refractivity contribution in [2.45, 2.75) is 13.0 Å². The zero-order valence-corrected chi connectivity index (χ0v) is 7.15. The second kappa shape index (κ2) is 3.18. The van der Waals surface area contributed by atoms with Crippen LogP contribution >= 0.6 is 0 Å². The van der Waals surface area contributed by atoms with Crippen LogP contribution in [0.5, 0.6) is 0 Å². The number of carbonyl (C=O) groups is 1. The van der Waals surface area contributed by atoms with Crippen molar-refractivity contribution >= 4 is 5.97 Å². The zero-order chi connectivity index (χ0) is 9.26. The van der Waals surface area contributed by atoms with Gasteiger partial charge in [0.1, 0.15) is 6.10 Å². The summed E-state index contributed by atoms with van der Waals surface area (Å²) in [4.78, 5) is 11.2. The molecule has 0 atom stereocenters. The van der Waals surface area contributed by atoms with Crippen molar-refractivity contribution in [3.05, 3.63) is 17.5 Å². The van der Waals surface area contributed by atoms with Gasteiger partial charge in [-0.2, -0.15) is 0 Å². The van der Waals surface area contributed by atoms with E-state index in [1.54, 1.807) is 13.0 Å². The third-order valence-electron chi connectivity index (χ3n) is 1.71. The van der Waals surface area contributed by atoms with Crippen molar-refractivity contribution in [1.82, 2.24) is 5.16 Å². The molecule has 1 aromatic rings. The minimum atomic E-state index is -0.478. The van der Waals surface area contributed by atoms with Gasteiger partial charge in [-0.15, -0.1) is 0 Å². The van der Waals surface area contributed by atoms with E-state index in [0.717, 1.165) is 0 Å². The molecule has 5 heteroatoms. The van der Waals surface area contributed by atoms with E-state index in [0.29, 0.717) is 18.9 Å². The minimum Gasteiger partial charge on any atom is -0.452 e. The maximum Gasteiger partial charge on any atom is 0.377 e. The smallest absolute Gasteiger partial charge is 0.377 e. The van der Waals surface area contributed by atoms with Crippen molar-refractivity contribution in [3.8, 4) is 0 Å². The first kappa shape index (κ1) is 8.25. The van der Waals surface area contributed by atoms with Crippen LogP contribution in [0.15, 0.2) is 10.6 Å². The standard InChI is InChI=1S/C8H9NO4/c1-5-2-7(13-9-5)8(10)12-6-3-11-4-6/h2,6H,3-4H2,1H3. The Kier molecular flexibility index (Phi) is 2.02. The van der Waals surface area contributed by atoms with E-state index >= 15 is 0 Å². The number of nitrogens with zero attached hydrogens (tertiary/aromatic N) is 1. The highest BCUT2D eigenvalue weighted by Crippen LogP contribution is 2.10. The maximum atomic E-state index is 11.2. The molecule has 1 aliphatic rings. The van der Waals surface area contributed by atoms with Crippen LogP contribution in [0.2, 0.25) is 0 Å². The molecule has 1 saturated heterocycles. The average Bonchev–Trinajstić information content (AvgIpc) is 2.44. The first-order chi connectivity index (χ1) is 6.25. The minimum absolute atomic E-state index is 0.127. The Morgan fingerprint density at radius 1 is 1.69 bits per heavy atom. The molecule has 5 nitrogen and oxygen atoms in total. The summed E-state index contributed by atoms with van der Waals surface area (Å²) < 4.78 is 14.6. The first-order valence-corrected chi connectivity index (χ1v) is 3.98. The Bertz CT molecular complexity index is 316. The molecular weight excluding hydrogens is 174 g/mol. The molecule has 0 bridgehead atoms. The highest BCUT2D eigenvalue weighted by molar-refractivity contribution is 5.86. The van der Waals surface area contributed by atoms with E-state index in [-0.39, 0.29) is 11.9 Å². The van der Waals surface area contributed by atoms with Gasteiger partial charge in [0.15, 0.2) is 0 Å². The Morgan fingerprint density at radius 2 is 2.46 bits per heavy atom. The lowest BCUT2D eigenvalue weighted by atomic mass is 10.3. The topological polar surface area (TPSA) is 61.6 Å². The molecule has 0 aromatic carbocycles. The molecule has 1 fully saturated rings. The van der Waals surface area contributed by atoms with E-state index in [4.69, 9.17) is 14.0 Å². The van der Waals surface area contributed by atoms with Crippen molar-refractivity contribution in [1.29, 1.82) is 0 Å². The molecule has 2 heterocycles. The van der Waals surface area contributed by atoms with Gasteiger partial charge in [-0.3, -0.25) is 0 Å². The molecule has 13 heavy (non-hydrogen) atoms. The number of aryl methyl sites for hydroxylation is 1. The summed E-state index contributed by atoms with van der Waals surface area (Å²) >= 11 is 0. The van der Waals surface area contributed by atoms with Crippen molar-refractivity contribution in [2.24, 2.45) is 0 Å². The molecule has 2 rings (SSSR count). The fourth-order valence-corrected chi connectivity index (χ4v) is 0.951. The van der Waals surface area contributed by atoms with Crippen molar-refractivity contribution in [3.63, 3.8) is 0 Å². The van der Waals surface area contributed by atoms with Gasteiger partial charge in [-0.25, -0.2) is 4.79 Å². The number of carbonyl (C=O) groups excluding carboxylic acids is 1. The van der Waals surface area contributed by atoms with E-state index in [9.17, 15) is 4.79 Å². The summed E-state index contributed by atoms with van der Waals surface area (Å²) in [6, 6.07) is 1.54. The van der Waals surface area contributed by atoms with Gasteiger partial charge in [0.2, 0.25) is 5.76 Å². The van der Waals surface area contributed by atoms with Gasteiger partial charge in [0, 0.05) is 6.07 Å². The van der Waals surface area contributed by atoms with Crippen LogP contribution in [-0.4, -0.2) is 30.4 Å². The molecular formula is C8H9NO4. The summed E-state index contributed by atoms with van der Waals surface area (Å²) in [5.41, 5.74) is 0.664. The first-order valence-electron chi connectivity index (χ1n) is 3.98. The highest BCUT2D eigenvalue weighted by Gasteiger charge is 2.25. The van der Waals surface area contributed by atoms with Crippen LogP contribution in [0.1, 0.15) is 16.2 Å². The summed E-state index contributed by atoms with van der Waals surface area (Å²) in [6.45, 7) is 2.68. The van der Waals surface area contributed by atoms with Crippen LogP contribution in [0, 0.1) is 6.92 Å². The number of esters is 1. The van der Waals surface area contributed by atoms with Gasteiger partial charge in [-0.05, 0) is 6.92 Å².